The molecule has 0 unspecified atom stereocenters. The number of aryl methyl sites for hydroxylation is 1. The molecule has 1 fully saturated rings. The van der Waals surface area contributed by atoms with Gasteiger partial charge in [-0.25, -0.2) is 4.79 Å². The van der Waals surface area contributed by atoms with E-state index in [1.807, 2.05) is 61.5 Å². The number of carbonyl (C=O) groups excluding carboxylic acids is 1. The number of hydrogen-bond donors (Lipinski definition) is 2. The van der Waals surface area contributed by atoms with Gasteiger partial charge >= 0.3 is 6.03 Å². The number of anilines is 1. The number of rotatable bonds is 6. The standard InChI is InChI=1S/C24H28N4O3/c1-18-7-8-19-16-20(23(29)26-22(19)15-18)17-28(10-9-27-11-13-31-14-12-27)24(30)25-21-5-3-2-4-6-21/h2-8,15-16H,9-14,17H2,1H3,(H,25,30)(H,26,29). The van der Waals surface area contributed by atoms with Gasteiger partial charge in [-0.2, -0.15) is 0 Å². The average Bonchev–Trinajstić information content (AvgIpc) is 2.78. The summed E-state index contributed by atoms with van der Waals surface area (Å²) < 4.78 is 5.41. The minimum Gasteiger partial charge on any atom is -0.379 e. The molecule has 1 saturated heterocycles. The summed E-state index contributed by atoms with van der Waals surface area (Å²) in [5, 5.41) is 3.90. The van der Waals surface area contributed by atoms with Gasteiger partial charge in [0.15, 0.2) is 0 Å². The third-order valence-electron chi connectivity index (χ3n) is 5.54. The molecule has 2 aromatic carbocycles. The molecule has 2 heterocycles. The van der Waals surface area contributed by atoms with Crippen molar-refractivity contribution in [2.75, 3.05) is 44.7 Å². The Hall–Kier alpha value is -3.16. The van der Waals surface area contributed by atoms with Gasteiger partial charge in [-0.05, 0) is 42.1 Å². The molecular formula is C24H28N4O3. The maximum absolute atomic E-state index is 13.1. The van der Waals surface area contributed by atoms with Crippen molar-refractivity contribution in [3.05, 3.63) is 76.1 Å². The summed E-state index contributed by atoms with van der Waals surface area (Å²) >= 11 is 0. The molecule has 7 nitrogen and oxygen atoms in total. The van der Waals surface area contributed by atoms with Crippen LogP contribution in [0.3, 0.4) is 0 Å². The maximum Gasteiger partial charge on any atom is 0.322 e. The topological polar surface area (TPSA) is 77.7 Å². The van der Waals surface area contributed by atoms with Gasteiger partial charge in [0.05, 0.1) is 19.8 Å². The molecule has 7 heteroatoms. The first-order valence-electron chi connectivity index (χ1n) is 10.6. The second-order valence-electron chi connectivity index (χ2n) is 7.89. The van der Waals surface area contributed by atoms with Crippen LogP contribution in [0.4, 0.5) is 10.5 Å². The highest BCUT2D eigenvalue weighted by Crippen LogP contribution is 2.15. The molecule has 3 aromatic rings. The second-order valence-corrected chi connectivity index (χ2v) is 7.89. The highest BCUT2D eigenvalue weighted by atomic mass is 16.5. The highest BCUT2D eigenvalue weighted by Gasteiger charge is 2.19. The monoisotopic (exact) mass is 420 g/mol. The number of hydrogen-bond acceptors (Lipinski definition) is 4. The molecule has 2 N–H and O–H groups in total. The summed E-state index contributed by atoms with van der Waals surface area (Å²) in [5.74, 6) is 0. The molecule has 0 atom stereocenters. The smallest absolute Gasteiger partial charge is 0.322 e. The van der Waals surface area contributed by atoms with Crippen LogP contribution in [0.1, 0.15) is 11.1 Å². The molecule has 4 rings (SSSR count). The zero-order chi connectivity index (χ0) is 21.6. The van der Waals surface area contributed by atoms with Crippen molar-refractivity contribution in [1.29, 1.82) is 0 Å². The number of benzene rings is 2. The van der Waals surface area contributed by atoms with Crippen LogP contribution in [-0.2, 0) is 11.3 Å². The van der Waals surface area contributed by atoms with Crippen molar-refractivity contribution < 1.29 is 9.53 Å². The predicted molar refractivity (Wildman–Crippen MR) is 122 cm³/mol. The molecule has 1 aromatic heterocycles. The Bertz CT molecular complexity index is 1090. The van der Waals surface area contributed by atoms with Crippen molar-refractivity contribution in [2.45, 2.75) is 13.5 Å². The molecule has 1 aliphatic rings. The van der Waals surface area contributed by atoms with Gasteiger partial charge in [-0.3, -0.25) is 9.69 Å². The number of carbonyl (C=O) groups is 1. The summed E-state index contributed by atoms with van der Waals surface area (Å²) in [6, 6.07) is 17.0. The Morgan fingerprint density at radius 2 is 1.90 bits per heavy atom. The van der Waals surface area contributed by atoms with E-state index in [-0.39, 0.29) is 18.1 Å². The van der Waals surface area contributed by atoms with Crippen LogP contribution in [-0.4, -0.2) is 60.2 Å². The lowest BCUT2D eigenvalue weighted by molar-refractivity contribution is 0.0349. The van der Waals surface area contributed by atoms with Crippen molar-refractivity contribution in [1.82, 2.24) is 14.8 Å². The Morgan fingerprint density at radius 1 is 1.13 bits per heavy atom. The molecule has 1 aliphatic heterocycles. The first kappa shape index (κ1) is 21.1. The number of nitrogens with zero attached hydrogens (tertiary/aromatic N) is 2. The maximum atomic E-state index is 13.1. The van der Waals surface area contributed by atoms with Crippen LogP contribution in [0, 0.1) is 6.92 Å². The van der Waals surface area contributed by atoms with Crippen molar-refractivity contribution in [3.8, 4) is 0 Å². The lowest BCUT2D eigenvalue weighted by atomic mass is 10.1. The van der Waals surface area contributed by atoms with E-state index in [0.29, 0.717) is 25.3 Å². The number of H-pyrrole nitrogens is 1. The van der Waals surface area contributed by atoms with Crippen LogP contribution < -0.4 is 10.9 Å². The number of fused-ring (bicyclic) bond motifs is 1. The minimum absolute atomic E-state index is 0.165. The van der Waals surface area contributed by atoms with Gasteiger partial charge in [0.1, 0.15) is 0 Å². The van der Waals surface area contributed by atoms with Gasteiger partial charge in [-0.15, -0.1) is 0 Å². The fourth-order valence-electron chi connectivity index (χ4n) is 3.75. The fraction of sp³-hybridized carbons (Fsp3) is 0.333. The quantitative estimate of drug-likeness (QED) is 0.642. The van der Waals surface area contributed by atoms with E-state index in [1.54, 1.807) is 4.90 Å². The average molecular weight is 421 g/mol. The van der Waals surface area contributed by atoms with Crippen LogP contribution in [0.2, 0.25) is 0 Å². The van der Waals surface area contributed by atoms with Crippen LogP contribution in [0.25, 0.3) is 10.9 Å². The van der Waals surface area contributed by atoms with Crippen LogP contribution in [0.15, 0.2) is 59.4 Å². The minimum atomic E-state index is -0.220. The normalized spacial score (nSPS) is 14.5. The van der Waals surface area contributed by atoms with E-state index in [0.717, 1.165) is 41.8 Å². The van der Waals surface area contributed by atoms with E-state index >= 15 is 0 Å². The number of urea groups is 1. The first-order valence-corrected chi connectivity index (χ1v) is 10.6. The highest BCUT2D eigenvalue weighted by molar-refractivity contribution is 5.89. The SMILES string of the molecule is Cc1ccc2cc(CN(CCN3CCOCC3)C(=O)Nc3ccccc3)c(=O)[nH]c2c1. The van der Waals surface area contributed by atoms with Crippen molar-refractivity contribution in [2.24, 2.45) is 0 Å². The third kappa shape index (κ3) is 5.51. The number of aromatic amines is 1. The lowest BCUT2D eigenvalue weighted by Gasteiger charge is -2.30. The molecular weight excluding hydrogens is 392 g/mol. The lowest BCUT2D eigenvalue weighted by Crippen LogP contribution is -2.44. The van der Waals surface area contributed by atoms with Gasteiger partial charge < -0.3 is 19.9 Å². The molecule has 162 valence electrons. The zero-order valence-electron chi connectivity index (χ0n) is 17.8. The van der Waals surface area contributed by atoms with E-state index in [2.05, 4.69) is 15.2 Å². The van der Waals surface area contributed by atoms with Gasteiger partial charge in [-0.1, -0.05) is 30.3 Å². The first-order chi connectivity index (χ1) is 15.1. The summed E-state index contributed by atoms with van der Waals surface area (Å²) in [6.07, 6.45) is 0. The van der Waals surface area contributed by atoms with Gasteiger partial charge in [0.25, 0.3) is 5.56 Å². The summed E-state index contributed by atoms with van der Waals surface area (Å²) in [7, 11) is 0. The second kappa shape index (κ2) is 9.76. The largest absolute Gasteiger partial charge is 0.379 e. The zero-order valence-corrected chi connectivity index (χ0v) is 17.8. The van der Waals surface area contributed by atoms with E-state index < -0.39 is 0 Å². The van der Waals surface area contributed by atoms with E-state index in [9.17, 15) is 9.59 Å². The number of pyridine rings is 1. The summed E-state index contributed by atoms with van der Waals surface area (Å²) in [6.45, 7) is 6.60. The number of ether oxygens (including phenoxy) is 1. The van der Waals surface area contributed by atoms with Crippen molar-refractivity contribution in [3.63, 3.8) is 0 Å². The number of aromatic nitrogens is 1. The molecule has 0 bridgehead atoms. The Morgan fingerprint density at radius 3 is 2.68 bits per heavy atom. The summed E-state index contributed by atoms with van der Waals surface area (Å²) in [4.78, 5) is 32.7. The molecule has 0 aliphatic carbocycles. The van der Waals surface area contributed by atoms with Gasteiger partial charge in [0.2, 0.25) is 0 Å². The van der Waals surface area contributed by atoms with Crippen LogP contribution in [0.5, 0.6) is 0 Å². The Labute approximate surface area is 181 Å². The van der Waals surface area contributed by atoms with Gasteiger partial charge in [0, 0.05) is 42.9 Å². The summed E-state index contributed by atoms with van der Waals surface area (Å²) in [5.41, 5.74) is 3.03. The number of nitrogens with one attached hydrogen (secondary N) is 2. The molecule has 31 heavy (non-hydrogen) atoms. The number of para-hydroxylation sites is 1. The molecule has 2 amide bonds. The van der Waals surface area contributed by atoms with E-state index in [4.69, 9.17) is 4.74 Å². The fourth-order valence-corrected chi connectivity index (χ4v) is 3.75. The van der Waals surface area contributed by atoms with Crippen LogP contribution >= 0.6 is 0 Å². The van der Waals surface area contributed by atoms with E-state index in [1.165, 1.54) is 0 Å². The third-order valence-corrected chi connectivity index (χ3v) is 5.54. The predicted octanol–water partition coefficient (Wildman–Crippen LogP) is 3.20. The molecule has 0 radical (unpaired) electrons. The number of amides is 2. The number of morpholine rings is 1. The molecule has 0 spiro atoms. The Kier molecular flexibility index (Phi) is 6.64. The Balaban J connectivity index is 1.54. The van der Waals surface area contributed by atoms with Crippen molar-refractivity contribution >= 4 is 22.6 Å². The molecule has 0 saturated carbocycles.